The first-order chi connectivity index (χ1) is 10.2. The van der Waals surface area contributed by atoms with Gasteiger partial charge in [0.05, 0.1) is 12.6 Å². The molecule has 1 aliphatic heterocycles. The third kappa shape index (κ3) is 2.28. The van der Waals surface area contributed by atoms with Crippen LogP contribution in [0, 0.1) is 23.2 Å². The third-order valence-corrected chi connectivity index (χ3v) is 5.89. The van der Waals surface area contributed by atoms with Gasteiger partial charge < -0.3 is 10.2 Å². The number of hydrogen-bond donors (Lipinski definition) is 1. The summed E-state index contributed by atoms with van der Waals surface area (Å²) >= 11 is 0. The van der Waals surface area contributed by atoms with Crippen LogP contribution in [0.5, 0.6) is 0 Å². The minimum atomic E-state index is -0.196. The molecule has 0 aromatic rings. The van der Waals surface area contributed by atoms with Gasteiger partial charge in [0.15, 0.2) is 0 Å². The summed E-state index contributed by atoms with van der Waals surface area (Å²) in [6.45, 7) is 1.16. The van der Waals surface area contributed by atoms with Crippen LogP contribution in [-0.2, 0) is 4.79 Å². The van der Waals surface area contributed by atoms with Crippen LogP contribution >= 0.6 is 0 Å². The van der Waals surface area contributed by atoms with E-state index in [2.05, 4.69) is 17.5 Å². The summed E-state index contributed by atoms with van der Waals surface area (Å²) in [7, 11) is 0. The van der Waals surface area contributed by atoms with Crippen LogP contribution in [0.1, 0.15) is 44.9 Å². The molecule has 0 spiro atoms. The van der Waals surface area contributed by atoms with Crippen LogP contribution in [0.3, 0.4) is 0 Å². The average molecular weight is 285 g/mol. The molecule has 1 saturated heterocycles. The lowest BCUT2D eigenvalue weighted by molar-refractivity contribution is -0.130. The predicted octanol–water partition coefficient (Wildman–Crippen LogP) is 1.98. The van der Waals surface area contributed by atoms with Crippen molar-refractivity contribution in [2.45, 2.75) is 56.5 Å². The Morgan fingerprint density at radius 2 is 2.43 bits per heavy atom. The molecule has 4 nitrogen and oxygen atoms in total. The topological polar surface area (TPSA) is 56.1 Å². The predicted molar refractivity (Wildman–Crippen MR) is 79.2 cm³/mol. The van der Waals surface area contributed by atoms with Crippen LogP contribution in [0.2, 0.25) is 0 Å². The number of rotatable bonds is 3. The van der Waals surface area contributed by atoms with Crippen molar-refractivity contribution in [1.82, 2.24) is 10.2 Å². The molecule has 21 heavy (non-hydrogen) atoms. The number of allylic oxidation sites excluding steroid dienone is 1. The fraction of sp³-hybridized carbons (Fsp3) is 0.765. The van der Waals surface area contributed by atoms with Crippen LogP contribution in [-0.4, -0.2) is 35.5 Å². The largest absolute Gasteiger partial charge is 0.326 e. The number of nitriles is 1. The molecule has 1 heterocycles. The highest BCUT2D eigenvalue weighted by atomic mass is 16.2. The summed E-state index contributed by atoms with van der Waals surface area (Å²) in [4.78, 5) is 14.2. The van der Waals surface area contributed by atoms with E-state index in [0.717, 1.165) is 37.6 Å². The van der Waals surface area contributed by atoms with Gasteiger partial charge in [0, 0.05) is 12.1 Å². The zero-order valence-corrected chi connectivity index (χ0v) is 12.5. The average Bonchev–Trinajstić information content (AvgIpc) is 2.92. The van der Waals surface area contributed by atoms with Gasteiger partial charge in [0.25, 0.3) is 0 Å². The molecule has 0 aromatic carbocycles. The highest BCUT2D eigenvalue weighted by molar-refractivity contribution is 5.79. The molecule has 4 unspecified atom stereocenters. The van der Waals surface area contributed by atoms with Gasteiger partial charge >= 0.3 is 0 Å². The second-order valence-corrected chi connectivity index (χ2v) is 7.48. The normalized spacial score (nSPS) is 40.2. The van der Waals surface area contributed by atoms with E-state index in [-0.39, 0.29) is 17.5 Å². The number of likely N-dealkylation sites (tertiary alicyclic amines) is 1. The van der Waals surface area contributed by atoms with E-state index < -0.39 is 0 Å². The van der Waals surface area contributed by atoms with Gasteiger partial charge in [0.2, 0.25) is 5.91 Å². The van der Waals surface area contributed by atoms with E-state index >= 15 is 0 Å². The molecule has 4 atom stereocenters. The Hall–Kier alpha value is -1.34. The van der Waals surface area contributed by atoms with Crippen LogP contribution in [0.25, 0.3) is 0 Å². The summed E-state index contributed by atoms with van der Waals surface area (Å²) in [5.74, 6) is 1.69. The minimum Gasteiger partial charge on any atom is -0.326 e. The van der Waals surface area contributed by atoms with E-state index in [1.54, 1.807) is 10.5 Å². The van der Waals surface area contributed by atoms with Crippen molar-refractivity contribution in [3.8, 4) is 6.07 Å². The zero-order chi connectivity index (χ0) is 14.4. The van der Waals surface area contributed by atoms with E-state index in [1.807, 2.05) is 0 Å². The molecule has 4 aliphatic carbocycles. The molecule has 2 saturated carbocycles. The van der Waals surface area contributed by atoms with Gasteiger partial charge in [-0.3, -0.25) is 4.79 Å². The Balaban J connectivity index is 1.40. The minimum absolute atomic E-state index is 0.115. The van der Waals surface area contributed by atoms with Gasteiger partial charge in [-0.15, -0.1) is 0 Å². The Bertz CT molecular complexity index is 535. The van der Waals surface area contributed by atoms with Gasteiger partial charge in [-0.2, -0.15) is 5.26 Å². The molecule has 0 radical (unpaired) electrons. The Kier molecular flexibility index (Phi) is 3.08. The maximum Gasteiger partial charge on any atom is 0.237 e. The molecular weight excluding hydrogens is 262 g/mol. The number of nitrogens with one attached hydrogen (secondary N) is 1. The fourth-order valence-electron chi connectivity index (χ4n) is 5.27. The molecule has 1 N–H and O–H groups in total. The van der Waals surface area contributed by atoms with Crippen molar-refractivity contribution in [3.63, 3.8) is 0 Å². The number of carbonyl (C=O) groups is 1. The molecule has 5 rings (SSSR count). The monoisotopic (exact) mass is 285 g/mol. The summed E-state index contributed by atoms with van der Waals surface area (Å²) in [5.41, 5.74) is 1.79. The number of nitrogens with zero attached hydrogens (tertiary/aromatic N) is 2. The van der Waals surface area contributed by atoms with Gasteiger partial charge in [-0.05, 0) is 56.8 Å². The van der Waals surface area contributed by atoms with E-state index in [1.165, 1.54) is 25.7 Å². The Morgan fingerprint density at radius 3 is 3.19 bits per heavy atom. The quantitative estimate of drug-likeness (QED) is 0.807. The van der Waals surface area contributed by atoms with Crippen LogP contribution in [0.15, 0.2) is 11.6 Å². The third-order valence-electron chi connectivity index (χ3n) is 5.89. The van der Waals surface area contributed by atoms with Crippen molar-refractivity contribution >= 4 is 5.91 Å². The molecule has 5 aliphatic rings. The zero-order valence-electron chi connectivity index (χ0n) is 12.5. The molecule has 3 fully saturated rings. The van der Waals surface area contributed by atoms with E-state index in [9.17, 15) is 4.79 Å². The Morgan fingerprint density at radius 1 is 1.52 bits per heavy atom. The molecule has 4 heteroatoms. The van der Waals surface area contributed by atoms with Crippen molar-refractivity contribution in [1.29, 1.82) is 5.26 Å². The summed E-state index contributed by atoms with van der Waals surface area (Å²) < 4.78 is 0. The number of amides is 1. The van der Waals surface area contributed by atoms with E-state index in [4.69, 9.17) is 5.26 Å². The molecule has 1 amide bonds. The van der Waals surface area contributed by atoms with Crippen LogP contribution < -0.4 is 5.32 Å². The number of carbonyl (C=O) groups excluding carboxylic acids is 1. The standard InChI is InChI=1S/C17H23N3O/c18-10-15-2-1-3-20(15)16(21)11-19-17-7-12-4-13(8-17)6-14(5-12)9-17/h4,12,14-15,19H,1-3,5-9,11H2. The van der Waals surface area contributed by atoms with E-state index in [0.29, 0.717) is 6.54 Å². The first-order valence-corrected chi connectivity index (χ1v) is 8.31. The second-order valence-electron chi connectivity index (χ2n) is 7.48. The Labute approximate surface area is 126 Å². The maximum absolute atomic E-state index is 12.4. The fourth-order valence-corrected chi connectivity index (χ4v) is 5.27. The van der Waals surface area contributed by atoms with Gasteiger partial charge in [-0.25, -0.2) is 0 Å². The van der Waals surface area contributed by atoms with Crippen molar-refractivity contribution < 1.29 is 4.79 Å². The molecule has 4 bridgehead atoms. The molecular formula is C17H23N3O. The first kappa shape index (κ1) is 13.3. The summed E-state index contributed by atoms with van der Waals surface area (Å²) in [6.07, 6.45) is 10.5. The molecule has 0 aromatic heterocycles. The summed E-state index contributed by atoms with van der Waals surface area (Å²) in [5, 5.41) is 12.7. The van der Waals surface area contributed by atoms with Crippen LogP contribution in [0.4, 0.5) is 0 Å². The summed E-state index contributed by atoms with van der Waals surface area (Å²) in [6, 6.07) is 2.06. The van der Waals surface area contributed by atoms with Gasteiger partial charge in [-0.1, -0.05) is 11.6 Å². The lowest BCUT2D eigenvalue weighted by Gasteiger charge is -2.53. The van der Waals surface area contributed by atoms with Crippen molar-refractivity contribution in [2.75, 3.05) is 13.1 Å². The molecule has 112 valence electrons. The lowest BCUT2D eigenvalue weighted by atomic mass is 9.57. The SMILES string of the molecule is N#CC1CCCN1C(=O)CNC12CC3=CC(CC(C3)C1)C2. The van der Waals surface area contributed by atoms with Crippen molar-refractivity contribution in [3.05, 3.63) is 11.6 Å². The smallest absolute Gasteiger partial charge is 0.237 e. The highest BCUT2D eigenvalue weighted by Gasteiger charge is 2.47. The van der Waals surface area contributed by atoms with Gasteiger partial charge in [0.1, 0.15) is 6.04 Å². The lowest BCUT2D eigenvalue weighted by Crippen LogP contribution is -2.57. The maximum atomic E-state index is 12.4. The second kappa shape index (κ2) is 4.84. The van der Waals surface area contributed by atoms with Crippen molar-refractivity contribution in [2.24, 2.45) is 11.8 Å². The number of hydrogen-bond acceptors (Lipinski definition) is 3. The first-order valence-electron chi connectivity index (χ1n) is 8.31. The highest BCUT2D eigenvalue weighted by Crippen LogP contribution is 2.52.